The number of ether oxygens (including phenoxy) is 1. The van der Waals surface area contributed by atoms with Crippen molar-refractivity contribution >= 4 is 45.4 Å². The molecule has 0 unspecified atom stereocenters. The summed E-state index contributed by atoms with van der Waals surface area (Å²) < 4.78 is 5.32. The van der Waals surface area contributed by atoms with E-state index in [9.17, 15) is 9.59 Å². The zero-order chi connectivity index (χ0) is 22.1. The van der Waals surface area contributed by atoms with Crippen molar-refractivity contribution < 1.29 is 14.3 Å². The summed E-state index contributed by atoms with van der Waals surface area (Å²) in [4.78, 5) is 27.0. The number of carbonyl (C=O) groups is 2. The summed E-state index contributed by atoms with van der Waals surface area (Å²) in [6, 6.07) is 14.9. The lowest BCUT2D eigenvalue weighted by atomic mass is 10.1. The van der Waals surface area contributed by atoms with Crippen LogP contribution >= 0.6 is 22.9 Å². The predicted octanol–water partition coefficient (Wildman–Crippen LogP) is 6.02. The second kappa shape index (κ2) is 8.73. The molecular formula is C24H23ClN2O3S. The van der Waals surface area contributed by atoms with Gasteiger partial charge in [-0.25, -0.2) is 0 Å². The molecule has 160 valence electrons. The van der Waals surface area contributed by atoms with E-state index in [1.54, 1.807) is 19.2 Å². The first kappa shape index (κ1) is 21.4. The molecule has 31 heavy (non-hydrogen) atoms. The van der Waals surface area contributed by atoms with E-state index < -0.39 is 0 Å². The van der Waals surface area contributed by atoms with Gasteiger partial charge in [-0.05, 0) is 61.6 Å². The number of rotatable bonds is 6. The van der Waals surface area contributed by atoms with E-state index >= 15 is 0 Å². The van der Waals surface area contributed by atoms with Crippen LogP contribution in [-0.2, 0) is 4.79 Å². The lowest BCUT2D eigenvalue weighted by Gasteiger charge is -2.11. The van der Waals surface area contributed by atoms with Crippen LogP contribution in [0.4, 0.5) is 10.7 Å². The summed E-state index contributed by atoms with van der Waals surface area (Å²) >= 11 is 7.38. The third kappa shape index (κ3) is 4.45. The molecule has 1 heterocycles. The van der Waals surface area contributed by atoms with Gasteiger partial charge in [-0.1, -0.05) is 35.9 Å². The molecule has 1 fully saturated rings. The molecule has 0 radical (unpaired) electrons. The number of aryl methyl sites for hydroxylation is 1. The van der Waals surface area contributed by atoms with Crippen LogP contribution in [0.1, 0.15) is 38.7 Å². The topological polar surface area (TPSA) is 67.4 Å². The highest BCUT2D eigenvalue weighted by atomic mass is 35.5. The molecular weight excluding hydrogens is 432 g/mol. The van der Waals surface area contributed by atoms with Gasteiger partial charge >= 0.3 is 0 Å². The zero-order valence-corrected chi connectivity index (χ0v) is 19.1. The maximum Gasteiger partial charge on any atom is 0.259 e. The summed E-state index contributed by atoms with van der Waals surface area (Å²) in [6.45, 7) is 3.84. The van der Waals surface area contributed by atoms with Crippen LogP contribution in [0.2, 0.25) is 5.02 Å². The van der Waals surface area contributed by atoms with Gasteiger partial charge in [0.1, 0.15) is 10.8 Å². The number of hydrogen-bond donors (Lipinski definition) is 2. The van der Waals surface area contributed by atoms with Gasteiger partial charge in [-0.2, -0.15) is 0 Å². The van der Waals surface area contributed by atoms with E-state index in [0.29, 0.717) is 27.0 Å². The predicted molar refractivity (Wildman–Crippen MR) is 126 cm³/mol. The molecule has 2 amide bonds. The number of amides is 2. The quantitative estimate of drug-likeness (QED) is 0.478. The highest BCUT2D eigenvalue weighted by molar-refractivity contribution is 7.16. The Labute approximate surface area is 190 Å². The molecule has 1 aromatic heterocycles. The van der Waals surface area contributed by atoms with Crippen molar-refractivity contribution in [2.24, 2.45) is 5.92 Å². The Morgan fingerprint density at radius 1 is 1.06 bits per heavy atom. The maximum atomic E-state index is 13.1. The highest BCUT2D eigenvalue weighted by Crippen LogP contribution is 2.48. The first-order valence-electron chi connectivity index (χ1n) is 9.99. The number of nitrogens with one attached hydrogen (secondary N) is 2. The van der Waals surface area contributed by atoms with E-state index in [1.807, 2.05) is 50.2 Å². The van der Waals surface area contributed by atoms with Gasteiger partial charge in [-0.15, -0.1) is 11.3 Å². The maximum absolute atomic E-state index is 13.1. The van der Waals surface area contributed by atoms with E-state index in [2.05, 4.69) is 10.6 Å². The first-order chi connectivity index (χ1) is 14.9. The number of anilines is 2. The number of benzene rings is 2. The molecule has 2 N–H and O–H groups in total. The van der Waals surface area contributed by atoms with Crippen LogP contribution in [0, 0.1) is 19.8 Å². The summed E-state index contributed by atoms with van der Waals surface area (Å²) in [7, 11) is 1.56. The molecule has 5 nitrogen and oxygen atoms in total. The number of carbonyl (C=O) groups excluding carboxylic acids is 2. The monoisotopic (exact) mass is 454 g/mol. The smallest absolute Gasteiger partial charge is 0.259 e. The third-order valence-electron chi connectivity index (χ3n) is 5.63. The Kier molecular flexibility index (Phi) is 6.03. The lowest BCUT2D eigenvalue weighted by Crippen LogP contribution is -2.19. The number of methoxy groups -OCH3 is 1. The average Bonchev–Trinajstić information content (AvgIpc) is 3.50. The van der Waals surface area contributed by atoms with Gasteiger partial charge in [0.15, 0.2) is 0 Å². The fourth-order valence-corrected chi connectivity index (χ4v) is 4.88. The van der Waals surface area contributed by atoms with Gasteiger partial charge in [-0.3, -0.25) is 9.59 Å². The Balaban J connectivity index is 1.51. The van der Waals surface area contributed by atoms with Crippen LogP contribution in [0.5, 0.6) is 5.75 Å². The number of hydrogen-bond acceptors (Lipinski definition) is 4. The largest absolute Gasteiger partial charge is 0.495 e. The summed E-state index contributed by atoms with van der Waals surface area (Å²) in [5, 5.41) is 7.17. The van der Waals surface area contributed by atoms with Crippen LogP contribution < -0.4 is 15.4 Å². The third-order valence-corrected chi connectivity index (χ3v) is 7.00. The SMILES string of the molecule is COc1ccccc1NC(=O)c1c(NC(=O)[C@H]2C[C@H]2c2ccc(Cl)cc2)sc(C)c1C. The Morgan fingerprint density at radius 3 is 2.48 bits per heavy atom. The second-order valence-corrected chi connectivity index (χ2v) is 9.29. The molecule has 2 atom stereocenters. The number of para-hydroxylation sites is 2. The minimum absolute atomic E-state index is 0.0625. The van der Waals surface area contributed by atoms with E-state index in [1.165, 1.54) is 11.3 Å². The van der Waals surface area contributed by atoms with Crippen molar-refractivity contribution in [2.45, 2.75) is 26.2 Å². The van der Waals surface area contributed by atoms with Crippen LogP contribution in [0.25, 0.3) is 0 Å². The Morgan fingerprint density at radius 2 is 1.77 bits per heavy atom. The molecule has 7 heteroatoms. The Bertz CT molecular complexity index is 1140. The molecule has 3 aromatic rings. The van der Waals surface area contributed by atoms with Gasteiger partial charge in [0.05, 0.1) is 18.4 Å². The van der Waals surface area contributed by atoms with Gasteiger partial charge in [0, 0.05) is 15.8 Å². The van der Waals surface area contributed by atoms with Crippen LogP contribution in [-0.4, -0.2) is 18.9 Å². The molecule has 0 bridgehead atoms. The van der Waals surface area contributed by atoms with Crippen molar-refractivity contribution in [1.29, 1.82) is 0 Å². The molecule has 2 aromatic carbocycles. The average molecular weight is 455 g/mol. The standard InChI is InChI=1S/C24H23ClN2O3S/c1-13-14(2)31-24(21(13)23(29)26-19-6-4-5-7-20(19)30-3)27-22(28)18-12-17(18)15-8-10-16(25)11-9-15/h4-11,17-18H,12H2,1-3H3,(H,26,29)(H,27,28)/t17-,18-/m0/s1. The zero-order valence-electron chi connectivity index (χ0n) is 17.5. The van der Waals surface area contributed by atoms with E-state index in [0.717, 1.165) is 22.4 Å². The minimum Gasteiger partial charge on any atom is -0.495 e. The normalized spacial score (nSPS) is 17.2. The molecule has 1 saturated carbocycles. The van der Waals surface area contributed by atoms with Crippen molar-refractivity contribution in [3.63, 3.8) is 0 Å². The second-order valence-electron chi connectivity index (χ2n) is 7.63. The highest BCUT2D eigenvalue weighted by Gasteiger charge is 2.44. The molecule has 0 spiro atoms. The summed E-state index contributed by atoms with van der Waals surface area (Å²) in [5.41, 5.74) is 3.04. The molecule has 1 aliphatic carbocycles. The van der Waals surface area contributed by atoms with Crippen molar-refractivity contribution in [3.05, 3.63) is 75.1 Å². The van der Waals surface area contributed by atoms with Gasteiger partial charge < -0.3 is 15.4 Å². The summed E-state index contributed by atoms with van der Waals surface area (Å²) in [6.07, 6.45) is 0.791. The number of halogens is 1. The van der Waals surface area contributed by atoms with Crippen LogP contribution in [0.15, 0.2) is 48.5 Å². The minimum atomic E-state index is -0.272. The molecule has 0 aliphatic heterocycles. The fraction of sp³-hybridized carbons (Fsp3) is 0.250. The Hall–Kier alpha value is -2.83. The first-order valence-corrected chi connectivity index (χ1v) is 11.2. The summed E-state index contributed by atoms with van der Waals surface area (Å²) in [5.74, 6) is 0.327. The lowest BCUT2D eigenvalue weighted by molar-refractivity contribution is -0.117. The van der Waals surface area contributed by atoms with E-state index in [-0.39, 0.29) is 23.7 Å². The number of thiophene rings is 1. The molecule has 1 aliphatic rings. The molecule has 0 saturated heterocycles. The molecule has 4 rings (SSSR count). The van der Waals surface area contributed by atoms with Gasteiger partial charge in [0.2, 0.25) is 5.91 Å². The van der Waals surface area contributed by atoms with Gasteiger partial charge in [0.25, 0.3) is 5.91 Å². The van der Waals surface area contributed by atoms with Crippen LogP contribution in [0.3, 0.4) is 0 Å². The van der Waals surface area contributed by atoms with E-state index in [4.69, 9.17) is 16.3 Å². The van der Waals surface area contributed by atoms with Crippen molar-refractivity contribution in [2.75, 3.05) is 17.7 Å². The van der Waals surface area contributed by atoms with Crippen molar-refractivity contribution in [3.8, 4) is 5.75 Å². The van der Waals surface area contributed by atoms with Crippen molar-refractivity contribution in [1.82, 2.24) is 0 Å². The fourth-order valence-electron chi connectivity index (χ4n) is 3.69.